The number of benzene rings is 1. The Labute approximate surface area is 108 Å². The number of carbonyl (C=O) groups is 1. The average Bonchev–Trinajstić information content (AvgIpc) is 2.39. The summed E-state index contributed by atoms with van der Waals surface area (Å²) >= 11 is 0. The molecule has 1 aliphatic heterocycles. The number of nitrogens with zero attached hydrogens (tertiary/aromatic N) is 1. The number of anilines is 1. The number of amides is 1. The van der Waals surface area contributed by atoms with Crippen molar-refractivity contribution >= 4 is 11.6 Å². The van der Waals surface area contributed by atoms with E-state index in [0.29, 0.717) is 12.1 Å². The van der Waals surface area contributed by atoms with E-state index in [9.17, 15) is 4.79 Å². The van der Waals surface area contributed by atoms with Crippen LogP contribution in [0.1, 0.15) is 26.2 Å². The molecule has 4 nitrogen and oxygen atoms in total. The van der Waals surface area contributed by atoms with Crippen molar-refractivity contribution in [3.8, 4) is 5.75 Å². The van der Waals surface area contributed by atoms with Crippen LogP contribution < -0.4 is 10.5 Å². The van der Waals surface area contributed by atoms with Crippen molar-refractivity contribution in [1.82, 2.24) is 4.90 Å². The van der Waals surface area contributed by atoms with Crippen molar-refractivity contribution in [2.24, 2.45) is 0 Å². The maximum Gasteiger partial charge on any atom is 0.222 e. The number of rotatable bonds is 3. The van der Waals surface area contributed by atoms with Gasteiger partial charge in [0.25, 0.3) is 0 Å². The molecule has 0 atom stereocenters. The van der Waals surface area contributed by atoms with Crippen molar-refractivity contribution in [1.29, 1.82) is 0 Å². The number of carbonyl (C=O) groups excluding carboxylic acids is 1. The molecular weight excluding hydrogens is 228 g/mol. The molecule has 0 aromatic heterocycles. The van der Waals surface area contributed by atoms with E-state index < -0.39 is 0 Å². The zero-order valence-corrected chi connectivity index (χ0v) is 10.8. The molecule has 1 fully saturated rings. The van der Waals surface area contributed by atoms with E-state index in [1.807, 2.05) is 36.1 Å². The van der Waals surface area contributed by atoms with E-state index in [1.165, 1.54) is 0 Å². The Kier molecular flexibility index (Phi) is 4.07. The first kappa shape index (κ1) is 12.7. The van der Waals surface area contributed by atoms with Crippen molar-refractivity contribution in [2.45, 2.75) is 32.3 Å². The molecule has 0 spiro atoms. The first-order valence-electron chi connectivity index (χ1n) is 6.49. The normalized spacial score (nSPS) is 16.6. The predicted molar refractivity (Wildman–Crippen MR) is 71.4 cm³/mol. The molecule has 0 saturated carbocycles. The number of likely N-dealkylation sites (tertiary alicyclic amines) is 1. The van der Waals surface area contributed by atoms with Gasteiger partial charge in [-0.15, -0.1) is 0 Å². The molecular formula is C14H20N2O2. The number of ether oxygens (including phenoxy) is 1. The van der Waals surface area contributed by atoms with E-state index in [2.05, 4.69) is 0 Å². The highest BCUT2D eigenvalue weighted by Crippen LogP contribution is 2.21. The van der Waals surface area contributed by atoms with E-state index in [0.717, 1.165) is 31.7 Å². The maximum atomic E-state index is 11.5. The average molecular weight is 248 g/mol. The topological polar surface area (TPSA) is 55.6 Å². The zero-order chi connectivity index (χ0) is 13.0. The number of nitrogen functional groups attached to an aromatic ring is 1. The molecule has 0 bridgehead atoms. The van der Waals surface area contributed by atoms with Crippen LogP contribution in [0.25, 0.3) is 0 Å². The van der Waals surface area contributed by atoms with Gasteiger partial charge in [-0.3, -0.25) is 4.79 Å². The lowest BCUT2D eigenvalue weighted by Gasteiger charge is -2.32. The Hall–Kier alpha value is -1.71. The van der Waals surface area contributed by atoms with Crippen LogP contribution in [0.3, 0.4) is 0 Å². The zero-order valence-electron chi connectivity index (χ0n) is 10.8. The Balaban J connectivity index is 1.85. The lowest BCUT2D eigenvalue weighted by molar-refractivity contribution is -0.132. The third-order valence-electron chi connectivity index (χ3n) is 3.26. The van der Waals surface area contributed by atoms with Gasteiger partial charge in [0, 0.05) is 44.1 Å². The van der Waals surface area contributed by atoms with Crippen LogP contribution in [0.4, 0.5) is 5.69 Å². The Bertz CT molecular complexity index is 412. The van der Waals surface area contributed by atoms with Crippen molar-refractivity contribution in [2.75, 3.05) is 18.8 Å². The summed E-state index contributed by atoms with van der Waals surface area (Å²) in [4.78, 5) is 13.5. The van der Waals surface area contributed by atoms with Gasteiger partial charge in [0.05, 0.1) is 0 Å². The fourth-order valence-electron chi connectivity index (χ4n) is 2.23. The quantitative estimate of drug-likeness (QED) is 0.833. The molecule has 4 heteroatoms. The largest absolute Gasteiger partial charge is 0.490 e. The minimum absolute atomic E-state index is 0.188. The van der Waals surface area contributed by atoms with Crippen molar-refractivity contribution < 1.29 is 9.53 Å². The molecule has 1 aromatic rings. The van der Waals surface area contributed by atoms with Gasteiger partial charge in [-0.1, -0.05) is 13.0 Å². The molecule has 98 valence electrons. The summed E-state index contributed by atoms with van der Waals surface area (Å²) in [6, 6.07) is 7.49. The fourth-order valence-corrected chi connectivity index (χ4v) is 2.23. The molecule has 1 saturated heterocycles. The highest BCUT2D eigenvalue weighted by atomic mass is 16.5. The first-order valence-corrected chi connectivity index (χ1v) is 6.49. The van der Waals surface area contributed by atoms with Crippen LogP contribution in [0.2, 0.25) is 0 Å². The lowest BCUT2D eigenvalue weighted by Crippen LogP contribution is -2.41. The standard InChI is InChI=1S/C14H20N2O2/c1-2-14(17)16-8-6-12(7-9-16)18-13-5-3-4-11(15)10-13/h3-5,10,12H,2,6-9,15H2,1H3. The number of hydrogen-bond donors (Lipinski definition) is 1. The summed E-state index contributed by atoms with van der Waals surface area (Å²) in [6.07, 6.45) is 2.55. The predicted octanol–water partition coefficient (Wildman–Crippen LogP) is 2.05. The van der Waals surface area contributed by atoms with Crippen LogP contribution in [0, 0.1) is 0 Å². The third-order valence-corrected chi connectivity index (χ3v) is 3.26. The smallest absolute Gasteiger partial charge is 0.222 e. The second-order valence-electron chi connectivity index (χ2n) is 4.62. The minimum Gasteiger partial charge on any atom is -0.490 e. The summed E-state index contributed by atoms with van der Waals surface area (Å²) in [7, 11) is 0. The second-order valence-corrected chi connectivity index (χ2v) is 4.62. The highest BCUT2D eigenvalue weighted by Gasteiger charge is 2.22. The van der Waals surface area contributed by atoms with Gasteiger partial charge in [-0.05, 0) is 12.1 Å². The minimum atomic E-state index is 0.188. The van der Waals surface area contributed by atoms with Gasteiger partial charge in [-0.2, -0.15) is 0 Å². The Morgan fingerprint density at radius 3 is 2.78 bits per heavy atom. The fraction of sp³-hybridized carbons (Fsp3) is 0.500. The lowest BCUT2D eigenvalue weighted by atomic mass is 10.1. The molecule has 1 aliphatic rings. The molecule has 1 aromatic carbocycles. The molecule has 2 N–H and O–H groups in total. The van der Waals surface area contributed by atoms with Gasteiger partial charge >= 0.3 is 0 Å². The Morgan fingerprint density at radius 2 is 2.17 bits per heavy atom. The molecule has 1 heterocycles. The van der Waals surface area contributed by atoms with Crippen LogP contribution in [0.15, 0.2) is 24.3 Å². The van der Waals surface area contributed by atoms with Crippen LogP contribution >= 0.6 is 0 Å². The van der Waals surface area contributed by atoms with E-state index in [-0.39, 0.29) is 12.0 Å². The molecule has 0 unspecified atom stereocenters. The molecule has 2 rings (SSSR count). The van der Waals surface area contributed by atoms with Crippen LogP contribution in [0.5, 0.6) is 5.75 Å². The van der Waals surface area contributed by atoms with Gasteiger partial charge in [0.2, 0.25) is 5.91 Å². The number of hydrogen-bond acceptors (Lipinski definition) is 3. The van der Waals surface area contributed by atoms with E-state index in [4.69, 9.17) is 10.5 Å². The summed E-state index contributed by atoms with van der Waals surface area (Å²) in [5.74, 6) is 1.05. The van der Waals surface area contributed by atoms with Gasteiger partial charge in [0.15, 0.2) is 0 Å². The Morgan fingerprint density at radius 1 is 1.44 bits per heavy atom. The molecule has 0 radical (unpaired) electrons. The second kappa shape index (κ2) is 5.76. The molecule has 18 heavy (non-hydrogen) atoms. The number of nitrogens with two attached hydrogens (primary N) is 1. The number of piperidine rings is 1. The summed E-state index contributed by atoms with van der Waals surface area (Å²) in [6.45, 7) is 3.48. The summed E-state index contributed by atoms with van der Waals surface area (Å²) in [5.41, 5.74) is 6.42. The summed E-state index contributed by atoms with van der Waals surface area (Å²) in [5, 5.41) is 0. The van der Waals surface area contributed by atoms with Crippen LogP contribution in [-0.2, 0) is 4.79 Å². The molecule has 1 amide bonds. The van der Waals surface area contributed by atoms with Crippen molar-refractivity contribution in [3.05, 3.63) is 24.3 Å². The monoisotopic (exact) mass is 248 g/mol. The van der Waals surface area contributed by atoms with Gasteiger partial charge < -0.3 is 15.4 Å². The highest BCUT2D eigenvalue weighted by molar-refractivity contribution is 5.75. The molecule has 0 aliphatic carbocycles. The summed E-state index contributed by atoms with van der Waals surface area (Å²) < 4.78 is 5.88. The van der Waals surface area contributed by atoms with E-state index in [1.54, 1.807) is 0 Å². The van der Waals surface area contributed by atoms with Gasteiger partial charge in [-0.25, -0.2) is 0 Å². The third kappa shape index (κ3) is 3.15. The van der Waals surface area contributed by atoms with E-state index >= 15 is 0 Å². The SMILES string of the molecule is CCC(=O)N1CCC(Oc2cccc(N)c2)CC1. The van der Waals surface area contributed by atoms with Crippen LogP contribution in [-0.4, -0.2) is 30.0 Å². The first-order chi connectivity index (χ1) is 8.69. The maximum absolute atomic E-state index is 11.5. The van der Waals surface area contributed by atoms with Crippen molar-refractivity contribution in [3.63, 3.8) is 0 Å². The van der Waals surface area contributed by atoms with Gasteiger partial charge in [0.1, 0.15) is 11.9 Å².